The Hall–Kier alpha value is -1.33. The number of hydrogen-bond donors (Lipinski definition) is 2. The average Bonchev–Trinajstić information content (AvgIpc) is 2.20. The fraction of sp³-hybridized carbons (Fsp3) is 0.300. The van der Waals surface area contributed by atoms with Gasteiger partial charge in [0, 0.05) is 6.42 Å². The topological polar surface area (TPSA) is 79.3 Å². The van der Waals surface area contributed by atoms with Gasteiger partial charge in [-0.3, -0.25) is 9.59 Å². The van der Waals surface area contributed by atoms with Crippen molar-refractivity contribution < 1.29 is 14.7 Å². The molecule has 0 aliphatic heterocycles. The highest BCUT2D eigenvalue weighted by Gasteiger charge is 2.12. The molecule has 0 saturated heterocycles. The monoisotopic (exact) mass is 276 g/mol. The summed E-state index contributed by atoms with van der Waals surface area (Å²) in [5, 5.41) is 11.3. The van der Waals surface area contributed by atoms with Gasteiger partial charge in [-0.05, 0) is 18.6 Å². The molecule has 1 aromatic heterocycles. The van der Waals surface area contributed by atoms with Crippen molar-refractivity contribution in [3.05, 3.63) is 21.9 Å². The third-order valence-corrected chi connectivity index (χ3v) is 2.44. The summed E-state index contributed by atoms with van der Waals surface area (Å²) in [6.07, 6.45) is -0.350. The Balaban J connectivity index is 2.75. The molecule has 0 aliphatic rings. The van der Waals surface area contributed by atoms with E-state index in [1.165, 1.54) is 0 Å². The number of amides is 1. The van der Waals surface area contributed by atoms with E-state index in [1.54, 1.807) is 13.0 Å². The molecule has 0 radical (unpaired) electrons. The maximum Gasteiger partial charge on any atom is 0.303 e. The Morgan fingerprint density at radius 1 is 1.41 bits per heavy atom. The second-order valence-corrected chi connectivity index (χ2v) is 4.11. The van der Waals surface area contributed by atoms with Gasteiger partial charge in [0.25, 0.3) is 0 Å². The molecule has 1 heterocycles. The molecule has 7 heteroatoms. The van der Waals surface area contributed by atoms with Gasteiger partial charge in [0.1, 0.15) is 5.15 Å². The van der Waals surface area contributed by atoms with Gasteiger partial charge in [0.15, 0.2) is 5.15 Å². The molecule has 0 aromatic carbocycles. The normalized spacial score (nSPS) is 10.1. The van der Waals surface area contributed by atoms with Crippen LogP contribution in [-0.4, -0.2) is 22.0 Å². The van der Waals surface area contributed by atoms with Gasteiger partial charge in [-0.1, -0.05) is 23.2 Å². The van der Waals surface area contributed by atoms with Crippen LogP contribution in [0.15, 0.2) is 6.07 Å². The SMILES string of the molecule is Cc1cc(Cl)nc(Cl)c1NC(=O)CCC(=O)O. The van der Waals surface area contributed by atoms with Crippen LogP contribution in [0.2, 0.25) is 10.3 Å². The first-order valence-electron chi connectivity index (χ1n) is 4.74. The molecule has 0 atom stereocenters. The van der Waals surface area contributed by atoms with E-state index in [9.17, 15) is 9.59 Å². The van der Waals surface area contributed by atoms with Crippen LogP contribution in [0.1, 0.15) is 18.4 Å². The Morgan fingerprint density at radius 3 is 2.59 bits per heavy atom. The van der Waals surface area contributed by atoms with E-state index in [1.807, 2.05) is 0 Å². The number of carbonyl (C=O) groups is 2. The minimum absolute atomic E-state index is 0.0821. The lowest BCUT2D eigenvalue weighted by Gasteiger charge is -2.09. The molecule has 2 N–H and O–H groups in total. The number of halogens is 2. The van der Waals surface area contributed by atoms with Crippen LogP contribution in [0.25, 0.3) is 0 Å². The molecular weight excluding hydrogens is 267 g/mol. The van der Waals surface area contributed by atoms with Gasteiger partial charge in [0.2, 0.25) is 5.91 Å². The first-order chi connectivity index (χ1) is 7.90. The van der Waals surface area contributed by atoms with Gasteiger partial charge in [-0.15, -0.1) is 0 Å². The smallest absolute Gasteiger partial charge is 0.303 e. The summed E-state index contributed by atoms with van der Waals surface area (Å²) in [5.41, 5.74) is 1.02. The number of carbonyl (C=O) groups excluding carboxylic acids is 1. The third kappa shape index (κ3) is 4.20. The molecule has 0 fully saturated rings. The van der Waals surface area contributed by atoms with Crippen LogP contribution in [0, 0.1) is 6.92 Å². The van der Waals surface area contributed by atoms with Crippen molar-refractivity contribution in [2.75, 3.05) is 5.32 Å². The van der Waals surface area contributed by atoms with E-state index in [2.05, 4.69) is 10.3 Å². The number of carboxylic acid groups (broad SMARTS) is 1. The maximum atomic E-state index is 11.4. The molecule has 5 nitrogen and oxygen atoms in total. The van der Waals surface area contributed by atoms with Crippen molar-refractivity contribution in [3.63, 3.8) is 0 Å². The van der Waals surface area contributed by atoms with E-state index in [-0.39, 0.29) is 23.1 Å². The minimum Gasteiger partial charge on any atom is -0.481 e. The fourth-order valence-corrected chi connectivity index (χ4v) is 1.75. The molecule has 0 spiro atoms. The number of hydrogen-bond acceptors (Lipinski definition) is 3. The molecule has 0 aliphatic carbocycles. The summed E-state index contributed by atoms with van der Waals surface area (Å²) >= 11 is 11.5. The van der Waals surface area contributed by atoms with E-state index in [4.69, 9.17) is 28.3 Å². The van der Waals surface area contributed by atoms with Gasteiger partial charge in [-0.25, -0.2) is 4.98 Å². The summed E-state index contributed by atoms with van der Waals surface area (Å²) < 4.78 is 0. The summed E-state index contributed by atoms with van der Waals surface area (Å²) in [6, 6.07) is 1.56. The van der Waals surface area contributed by atoms with E-state index in [0.717, 1.165) is 0 Å². The lowest BCUT2D eigenvalue weighted by atomic mass is 10.2. The van der Waals surface area contributed by atoms with Crippen molar-refractivity contribution in [1.82, 2.24) is 4.98 Å². The number of anilines is 1. The second-order valence-electron chi connectivity index (χ2n) is 3.37. The number of carboxylic acids is 1. The summed E-state index contributed by atoms with van der Waals surface area (Å²) in [5.74, 6) is -1.46. The van der Waals surface area contributed by atoms with Gasteiger partial charge in [-0.2, -0.15) is 0 Å². The van der Waals surface area contributed by atoms with Crippen LogP contribution in [0.3, 0.4) is 0 Å². The zero-order valence-corrected chi connectivity index (χ0v) is 10.5. The number of aromatic nitrogens is 1. The standard InChI is InChI=1S/C10H10Cl2N2O3/c1-5-4-6(11)13-10(12)9(5)14-7(15)2-3-8(16)17/h4H,2-3H2,1H3,(H,14,15)(H,16,17). The Morgan fingerprint density at radius 2 is 2.06 bits per heavy atom. The third-order valence-electron chi connectivity index (χ3n) is 1.97. The van der Waals surface area contributed by atoms with E-state index in [0.29, 0.717) is 11.3 Å². The van der Waals surface area contributed by atoms with Crippen LogP contribution < -0.4 is 5.32 Å². The van der Waals surface area contributed by atoms with Crippen LogP contribution in [-0.2, 0) is 9.59 Å². The van der Waals surface area contributed by atoms with E-state index < -0.39 is 11.9 Å². The predicted molar refractivity (Wildman–Crippen MR) is 64.5 cm³/mol. The molecular formula is C10H10Cl2N2O3. The lowest BCUT2D eigenvalue weighted by Crippen LogP contribution is -2.14. The quantitative estimate of drug-likeness (QED) is 0.829. The molecule has 1 rings (SSSR count). The van der Waals surface area contributed by atoms with Gasteiger partial charge in [0.05, 0.1) is 12.1 Å². The summed E-state index contributed by atoms with van der Waals surface area (Å²) in [6.45, 7) is 1.71. The lowest BCUT2D eigenvalue weighted by molar-refractivity contribution is -0.138. The van der Waals surface area contributed by atoms with Crippen molar-refractivity contribution in [2.24, 2.45) is 0 Å². The molecule has 92 valence electrons. The van der Waals surface area contributed by atoms with Crippen molar-refractivity contribution in [3.8, 4) is 0 Å². The number of nitrogens with one attached hydrogen (secondary N) is 1. The minimum atomic E-state index is -1.03. The Bertz CT molecular complexity index is 440. The van der Waals surface area contributed by atoms with Crippen molar-refractivity contribution >= 4 is 40.8 Å². The maximum absolute atomic E-state index is 11.4. The van der Waals surface area contributed by atoms with Gasteiger partial charge < -0.3 is 10.4 Å². The number of aliphatic carboxylic acids is 1. The van der Waals surface area contributed by atoms with Crippen LogP contribution in [0.4, 0.5) is 5.69 Å². The second kappa shape index (κ2) is 5.84. The number of pyridine rings is 1. The zero-order valence-electron chi connectivity index (χ0n) is 8.96. The van der Waals surface area contributed by atoms with Crippen LogP contribution in [0.5, 0.6) is 0 Å². The predicted octanol–water partition coefficient (Wildman–Crippen LogP) is 2.50. The van der Waals surface area contributed by atoms with Crippen molar-refractivity contribution in [2.45, 2.75) is 19.8 Å². The van der Waals surface area contributed by atoms with Crippen LogP contribution >= 0.6 is 23.2 Å². The van der Waals surface area contributed by atoms with Crippen molar-refractivity contribution in [1.29, 1.82) is 0 Å². The van der Waals surface area contributed by atoms with E-state index >= 15 is 0 Å². The molecule has 1 aromatic rings. The summed E-state index contributed by atoms with van der Waals surface area (Å²) in [7, 11) is 0. The Kier molecular flexibility index (Phi) is 4.72. The Labute approximate surface area is 108 Å². The number of aryl methyl sites for hydroxylation is 1. The molecule has 17 heavy (non-hydrogen) atoms. The van der Waals surface area contributed by atoms with Gasteiger partial charge >= 0.3 is 5.97 Å². The highest BCUT2D eigenvalue weighted by atomic mass is 35.5. The molecule has 0 bridgehead atoms. The fourth-order valence-electron chi connectivity index (χ4n) is 1.17. The molecule has 0 unspecified atom stereocenters. The average molecular weight is 277 g/mol. The summed E-state index contributed by atoms with van der Waals surface area (Å²) in [4.78, 5) is 25.5. The number of rotatable bonds is 4. The molecule has 1 amide bonds. The highest BCUT2D eigenvalue weighted by Crippen LogP contribution is 2.26. The molecule has 0 saturated carbocycles. The zero-order chi connectivity index (χ0) is 13.0. The largest absolute Gasteiger partial charge is 0.481 e. The number of nitrogens with zero attached hydrogens (tertiary/aromatic N) is 1. The highest BCUT2D eigenvalue weighted by molar-refractivity contribution is 6.34. The first-order valence-corrected chi connectivity index (χ1v) is 5.50. The first kappa shape index (κ1) is 13.7.